The van der Waals surface area contributed by atoms with Crippen molar-refractivity contribution in [3.63, 3.8) is 0 Å². The Morgan fingerprint density at radius 1 is 1.73 bits per heavy atom. The Morgan fingerprint density at radius 3 is 2.64 bits per heavy atom. The first kappa shape index (κ1) is 9.05. The van der Waals surface area contributed by atoms with E-state index in [9.17, 15) is 8.42 Å². The second-order valence-electron chi connectivity index (χ2n) is 2.28. The van der Waals surface area contributed by atoms with E-state index >= 15 is 0 Å². The highest BCUT2D eigenvalue weighted by molar-refractivity contribution is 8.18. The Balaban J connectivity index is 2.68. The largest absolute Gasteiger partial charge is 0.329 e. The Morgan fingerprint density at radius 2 is 2.36 bits per heavy atom. The lowest BCUT2D eigenvalue weighted by Gasteiger charge is -2.03. The van der Waals surface area contributed by atoms with E-state index in [2.05, 4.69) is 0 Å². The first-order valence-electron chi connectivity index (χ1n) is 3.13. The van der Waals surface area contributed by atoms with Crippen molar-refractivity contribution in [2.24, 2.45) is 10.9 Å². The van der Waals surface area contributed by atoms with Crippen LogP contribution in [0.25, 0.3) is 0 Å². The van der Waals surface area contributed by atoms with E-state index in [1.807, 2.05) is 0 Å². The van der Waals surface area contributed by atoms with Crippen molar-refractivity contribution in [1.29, 1.82) is 0 Å². The van der Waals surface area contributed by atoms with Crippen molar-refractivity contribution >= 4 is 21.8 Å². The van der Waals surface area contributed by atoms with Gasteiger partial charge in [0.15, 0.2) is 0 Å². The van der Waals surface area contributed by atoms with Gasteiger partial charge < -0.3 is 5.73 Å². The quantitative estimate of drug-likeness (QED) is 0.625. The summed E-state index contributed by atoms with van der Waals surface area (Å²) in [6.45, 7) is 0.486. The fourth-order valence-electron chi connectivity index (χ4n) is 0.816. The van der Waals surface area contributed by atoms with Gasteiger partial charge in [0.25, 0.3) is 0 Å². The minimum Gasteiger partial charge on any atom is -0.329 e. The molecule has 6 heteroatoms. The molecule has 1 aliphatic heterocycles. The van der Waals surface area contributed by atoms with Gasteiger partial charge in [0.05, 0.1) is 0 Å². The van der Waals surface area contributed by atoms with Crippen molar-refractivity contribution in [1.82, 2.24) is 0 Å². The van der Waals surface area contributed by atoms with Crippen LogP contribution in [-0.2, 0) is 10.0 Å². The first-order chi connectivity index (χ1) is 5.04. The minimum absolute atomic E-state index is 0.184. The number of allylic oxidation sites excluding steroid dienone is 1. The number of hydrogen-bond donors (Lipinski definition) is 2. The maximum absolute atomic E-state index is 10.7. The zero-order valence-corrected chi connectivity index (χ0v) is 7.49. The molecule has 64 valence electrons. The Kier molecular flexibility index (Phi) is 2.58. The molecule has 1 aliphatic rings. The molecule has 0 aromatic rings. The summed E-state index contributed by atoms with van der Waals surface area (Å²) in [7, 11) is -3.48. The van der Waals surface area contributed by atoms with Crippen LogP contribution in [-0.4, -0.2) is 20.2 Å². The van der Waals surface area contributed by atoms with Gasteiger partial charge in [-0.15, -0.1) is 11.8 Å². The minimum atomic E-state index is -3.48. The summed E-state index contributed by atoms with van der Waals surface area (Å²) in [5.41, 5.74) is 5.35. The summed E-state index contributed by atoms with van der Waals surface area (Å²) in [6.07, 6.45) is 2.32. The van der Waals surface area contributed by atoms with Crippen LogP contribution in [0.15, 0.2) is 10.3 Å². The molecule has 4 N–H and O–H groups in total. The molecular formula is C5H10N2O2S2. The lowest BCUT2D eigenvalue weighted by Crippen LogP contribution is -2.15. The summed E-state index contributed by atoms with van der Waals surface area (Å²) in [5.74, 6) is 0. The molecule has 0 saturated heterocycles. The van der Waals surface area contributed by atoms with E-state index in [1.165, 1.54) is 11.8 Å². The molecule has 0 bridgehead atoms. The maximum atomic E-state index is 10.7. The van der Waals surface area contributed by atoms with E-state index in [0.29, 0.717) is 13.0 Å². The van der Waals surface area contributed by atoms with Gasteiger partial charge in [0.1, 0.15) is 4.24 Å². The second kappa shape index (κ2) is 3.14. The molecule has 0 spiro atoms. The molecule has 0 aliphatic carbocycles. The molecule has 4 nitrogen and oxygen atoms in total. The van der Waals surface area contributed by atoms with Crippen molar-refractivity contribution in [3.05, 3.63) is 10.3 Å². The molecule has 1 heterocycles. The predicted molar refractivity (Wildman–Crippen MR) is 46.2 cm³/mol. The highest BCUT2D eigenvalue weighted by Gasteiger charge is 2.23. The highest BCUT2D eigenvalue weighted by Crippen LogP contribution is 2.33. The molecule has 0 aromatic carbocycles. The lowest BCUT2D eigenvalue weighted by molar-refractivity contribution is 0.605. The van der Waals surface area contributed by atoms with Gasteiger partial charge in [0.2, 0.25) is 10.0 Å². The van der Waals surface area contributed by atoms with Gasteiger partial charge in [-0.3, -0.25) is 0 Å². The van der Waals surface area contributed by atoms with Crippen LogP contribution in [0.2, 0.25) is 0 Å². The molecule has 11 heavy (non-hydrogen) atoms. The van der Waals surface area contributed by atoms with Gasteiger partial charge >= 0.3 is 0 Å². The van der Waals surface area contributed by atoms with Gasteiger partial charge in [0, 0.05) is 11.8 Å². The Bertz CT molecular complexity index is 270. The summed E-state index contributed by atoms with van der Waals surface area (Å²) >= 11 is 1.24. The van der Waals surface area contributed by atoms with E-state index < -0.39 is 10.0 Å². The normalized spacial score (nSPS) is 25.3. The van der Waals surface area contributed by atoms with E-state index in [-0.39, 0.29) is 9.49 Å². The summed E-state index contributed by atoms with van der Waals surface area (Å²) in [5, 5.41) is 5.08. The standard InChI is InChI=1S/C5H10N2O2S2/c6-3-4-1-2-5(10-4)11(7,8)9/h2,4H,1,3,6H2,(H2,7,8,9). The molecule has 0 amide bonds. The number of sulfonamides is 1. The molecule has 1 atom stereocenters. The van der Waals surface area contributed by atoms with Gasteiger partial charge in [-0.25, -0.2) is 13.6 Å². The van der Waals surface area contributed by atoms with Gasteiger partial charge in [-0.2, -0.15) is 0 Å². The van der Waals surface area contributed by atoms with Gasteiger partial charge in [-0.05, 0) is 6.42 Å². The molecule has 1 rings (SSSR count). The first-order valence-corrected chi connectivity index (χ1v) is 5.56. The topological polar surface area (TPSA) is 86.2 Å². The third kappa shape index (κ3) is 2.19. The predicted octanol–water partition coefficient (Wildman–Crippen LogP) is -0.419. The average Bonchev–Trinajstić information content (AvgIpc) is 2.32. The summed E-state index contributed by atoms with van der Waals surface area (Å²) in [6, 6.07) is 0. The Labute approximate surface area is 70.1 Å². The smallest absolute Gasteiger partial charge is 0.243 e. The number of rotatable bonds is 2. The number of primary sulfonamides is 1. The third-order valence-electron chi connectivity index (χ3n) is 1.37. The van der Waals surface area contributed by atoms with Crippen molar-refractivity contribution in [3.8, 4) is 0 Å². The molecule has 1 unspecified atom stereocenters. The lowest BCUT2D eigenvalue weighted by atomic mass is 10.3. The maximum Gasteiger partial charge on any atom is 0.243 e. The van der Waals surface area contributed by atoms with Crippen molar-refractivity contribution in [2.45, 2.75) is 11.7 Å². The zero-order chi connectivity index (χ0) is 8.48. The number of nitrogens with two attached hydrogens (primary N) is 2. The van der Waals surface area contributed by atoms with Crippen molar-refractivity contribution in [2.75, 3.05) is 6.54 Å². The molecule has 0 fully saturated rings. The monoisotopic (exact) mass is 194 g/mol. The van der Waals surface area contributed by atoms with Crippen LogP contribution < -0.4 is 10.9 Å². The second-order valence-corrected chi connectivity index (χ2v) is 5.41. The third-order valence-corrected chi connectivity index (χ3v) is 4.20. The van der Waals surface area contributed by atoms with Crippen LogP contribution in [0, 0.1) is 0 Å². The fourth-order valence-corrected chi connectivity index (χ4v) is 2.90. The average molecular weight is 194 g/mol. The zero-order valence-electron chi connectivity index (χ0n) is 5.86. The van der Waals surface area contributed by atoms with E-state index in [0.717, 1.165) is 0 Å². The molecule has 0 aromatic heterocycles. The van der Waals surface area contributed by atoms with Crippen LogP contribution in [0.1, 0.15) is 6.42 Å². The van der Waals surface area contributed by atoms with Crippen LogP contribution in [0.5, 0.6) is 0 Å². The van der Waals surface area contributed by atoms with E-state index in [1.54, 1.807) is 6.08 Å². The van der Waals surface area contributed by atoms with E-state index in [4.69, 9.17) is 10.9 Å². The fraction of sp³-hybridized carbons (Fsp3) is 0.600. The van der Waals surface area contributed by atoms with Crippen LogP contribution in [0.4, 0.5) is 0 Å². The SMILES string of the molecule is NCC1CC=C(S(N)(=O)=O)S1. The number of hydrogen-bond acceptors (Lipinski definition) is 4. The summed E-state index contributed by atoms with van der Waals surface area (Å²) < 4.78 is 21.7. The highest BCUT2D eigenvalue weighted by atomic mass is 32.3. The molecular weight excluding hydrogens is 184 g/mol. The summed E-state index contributed by atoms with van der Waals surface area (Å²) in [4.78, 5) is 0. The van der Waals surface area contributed by atoms with Crippen LogP contribution in [0.3, 0.4) is 0 Å². The van der Waals surface area contributed by atoms with Gasteiger partial charge in [-0.1, -0.05) is 6.08 Å². The molecule has 0 saturated carbocycles. The molecule has 0 radical (unpaired) electrons. The van der Waals surface area contributed by atoms with Crippen LogP contribution >= 0.6 is 11.8 Å². The number of thioether (sulfide) groups is 1. The Hall–Kier alpha value is -0.0400. The van der Waals surface area contributed by atoms with Crippen molar-refractivity contribution < 1.29 is 8.42 Å².